The molecule has 0 aliphatic rings. The van der Waals surface area contributed by atoms with Crippen LogP contribution in [-0.2, 0) is 6.54 Å². The molecule has 2 rings (SSSR count). The van der Waals surface area contributed by atoms with Crippen LogP contribution in [0.1, 0.15) is 5.56 Å². The molecule has 0 heterocycles. The van der Waals surface area contributed by atoms with Gasteiger partial charge in [0.05, 0.1) is 0 Å². The number of anilines is 1. The number of halogens is 3. The van der Waals surface area contributed by atoms with E-state index < -0.39 is 0 Å². The third-order valence-corrected chi connectivity index (χ3v) is 3.20. The van der Waals surface area contributed by atoms with Gasteiger partial charge in [-0.1, -0.05) is 39.7 Å². The van der Waals surface area contributed by atoms with E-state index in [1.807, 2.05) is 24.3 Å². The van der Waals surface area contributed by atoms with E-state index in [1.165, 1.54) is 6.07 Å². The van der Waals surface area contributed by atoms with Gasteiger partial charge < -0.3 is 5.32 Å². The van der Waals surface area contributed by atoms with Crippen molar-refractivity contribution in [1.82, 2.24) is 0 Å². The summed E-state index contributed by atoms with van der Waals surface area (Å²) >= 11 is 9.31. The van der Waals surface area contributed by atoms with Crippen molar-refractivity contribution in [2.75, 3.05) is 5.32 Å². The Labute approximate surface area is 113 Å². The average Bonchev–Trinajstić information content (AvgIpc) is 2.28. The maximum Gasteiger partial charge on any atom is 0.129 e. The molecule has 0 atom stereocenters. The molecule has 2 aromatic carbocycles. The first kappa shape index (κ1) is 12.4. The summed E-state index contributed by atoms with van der Waals surface area (Å²) in [7, 11) is 0. The molecule has 0 aliphatic carbocycles. The summed E-state index contributed by atoms with van der Waals surface area (Å²) < 4.78 is 14.5. The van der Waals surface area contributed by atoms with Crippen LogP contribution in [-0.4, -0.2) is 0 Å². The summed E-state index contributed by atoms with van der Waals surface area (Å²) in [4.78, 5) is 0. The van der Waals surface area contributed by atoms with Crippen molar-refractivity contribution in [2.45, 2.75) is 6.54 Å². The van der Waals surface area contributed by atoms with Gasteiger partial charge in [0.15, 0.2) is 0 Å². The van der Waals surface area contributed by atoms with Gasteiger partial charge in [0.2, 0.25) is 0 Å². The van der Waals surface area contributed by atoms with Crippen LogP contribution in [0.25, 0.3) is 0 Å². The number of nitrogens with one attached hydrogen (secondary N) is 1. The quantitative estimate of drug-likeness (QED) is 0.853. The molecule has 0 fully saturated rings. The number of rotatable bonds is 3. The summed E-state index contributed by atoms with van der Waals surface area (Å²) in [6.07, 6.45) is 0. The Morgan fingerprint density at radius 3 is 2.65 bits per heavy atom. The van der Waals surface area contributed by atoms with Crippen LogP contribution in [0.2, 0.25) is 5.02 Å². The minimum absolute atomic E-state index is 0.292. The van der Waals surface area contributed by atoms with Gasteiger partial charge in [-0.3, -0.25) is 0 Å². The van der Waals surface area contributed by atoms with Crippen LogP contribution in [0.4, 0.5) is 10.1 Å². The minimum atomic E-state index is -0.292. The van der Waals surface area contributed by atoms with Gasteiger partial charge in [-0.25, -0.2) is 4.39 Å². The standard InChI is InChI=1S/C13H10BrClFN/c14-9-3-1-4-10(7-9)17-8-11-12(15)5-2-6-13(11)16/h1-7,17H,8H2. The molecule has 0 spiro atoms. The van der Waals surface area contributed by atoms with Gasteiger partial charge >= 0.3 is 0 Å². The molecule has 1 nitrogen and oxygen atoms in total. The van der Waals surface area contributed by atoms with Gasteiger partial charge in [-0.15, -0.1) is 0 Å². The van der Waals surface area contributed by atoms with E-state index in [-0.39, 0.29) is 5.82 Å². The summed E-state index contributed by atoms with van der Waals surface area (Å²) in [5, 5.41) is 3.57. The van der Waals surface area contributed by atoms with Crippen LogP contribution >= 0.6 is 27.5 Å². The van der Waals surface area contributed by atoms with Gasteiger partial charge in [0.25, 0.3) is 0 Å². The first-order valence-electron chi connectivity index (χ1n) is 5.09. The zero-order valence-corrected chi connectivity index (χ0v) is 11.2. The van der Waals surface area contributed by atoms with E-state index in [4.69, 9.17) is 11.6 Å². The second-order valence-electron chi connectivity index (χ2n) is 3.56. The molecule has 1 N–H and O–H groups in total. The molecule has 0 saturated carbocycles. The highest BCUT2D eigenvalue weighted by Gasteiger charge is 2.06. The van der Waals surface area contributed by atoms with E-state index in [2.05, 4.69) is 21.2 Å². The van der Waals surface area contributed by atoms with Crippen molar-refractivity contribution < 1.29 is 4.39 Å². The van der Waals surface area contributed by atoms with E-state index >= 15 is 0 Å². The van der Waals surface area contributed by atoms with Crippen molar-refractivity contribution in [1.29, 1.82) is 0 Å². The monoisotopic (exact) mass is 313 g/mol. The molecular weight excluding hydrogens is 305 g/mol. The average molecular weight is 315 g/mol. The topological polar surface area (TPSA) is 12.0 Å². The Morgan fingerprint density at radius 1 is 1.18 bits per heavy atom. The van der Waals surface area contributed by atoms with Crippen LogP contribution in [0.3, 0.4) is 0 Å². The van der Waals surface area contributed by atoms with Gasteiger partial charge in [-0.05, 0) is 30.3 Å². The summed E-state index contributed by atoms with van der Waals surface area (Å²) in [5.41, 5.74) is 1.40. The fourth-order valence-corrected chi connectivity index (χ4v) is 2.12. The number of benzene rings is 2. The highest BCUT2D eigenvalue weighted by atomic mass is 79.9. The van der Waals surface area contributed by atoms with E-state index in [0.29, 0.717) is 17.1 Å². The lowest BCUT2D eigenvalue weighted by molar-refractivity contribution is 0.613. The molecule has 0 radical (unpaired) electrons. The maximum atomic E-state index is 13.5. The highest BCUT2D eigenvalue weighted by Crippen LogP contribution is 2.21. The molecule has 0 aromatic heterocycles. The second kappa shape index (κ2) is 5.52. The number of hydrogen-bond acceptors (Lipinski definition) is 1. The summed E-state index contributed by atoms with van der Waals surface area (Å²) in [5.74, 6) is -0.292. The Bertz CT molecular complexity index is 510. The molecule has 0 saturated heterocycles. The first-order valence-corrected chi connectivity index (χ1v) is 6.26. The van der Waals surface area contributed by atoms with E-state index in [1.54, 1.807) is 12.1 Å². The third kappa shape index (κ3) is 3.20. The van der Waals surface area contributed by atoms with Gasteiger partial charge in [0, 0.05) is 27.3 Å². The van der Waals surface area contributed by atoms with Crippen molar-refractivity contribution in [3.05, 3.63) is 63.3 Å². The van der Waals surface area contributed by atoms with E-state index in [0.717, 1.165) is 10.2 Å². The molecule has 0 aliphatic heterocycles. The summed E-state index contributed by atoms with van der Waals surface area (Å²) in [6.45, 7) is 0.363. The van der Waals surface area contributed by atoms with Gasteiger partial charge in [-0.2, -0.15) is 0 Å². The largest absolute Gasteiger partial charge is 0.381 e. The molecule has 4 heteroatoms. The van der Waals surface area contributed by atoms with E-state index in [9.17, 15) is 4.39 Å². The highest BCUT2D eigenvalue weighted by molar-refractivity contribution is 9.10. The molecule has 0 unspecified atom stereocenters. The lowest BCUT2D eigenvalue weighted by Gasteiger charge is -2.09. The normalized spacial score (nSPS) is 10.3. The lowest BCUT2D eigenvalue weighted by atomic mass is 10.2. The number of hydrogen-bond donors (Lipinski definition) is 1. The first-order chi connectivity index (χ1) is 8.16. The minimum Gasteiger partial charge on any atom is -0.381 e. The molecule has 88 valence electrons. The molecule has 0 bridgehead atoms. The van der Waals surface area contributed by atoms with Gasteiger partial charge in [0.1, 0.15) is 5.82 Å². The second-order valence-corrected chi connectivity index (χ2v) is 4.89. The Balaban J connectivity index is 2.13. The predicted octanol–water partition coefficient (Wildman–Crippen LogP) is 4.85. The Morgan fingerprint density at radius 2 is 1.94 bits per heavy atom. The summed E-state index contributed by atoms with van der Waals surface area (Å²) in [6, 6.07) is 12.4. The lowest BCUT2D eigenvalue weighted by Crippen LogP contribution is -2.02. The van der Waals surface area contributed by atoms with Crippen LogP contribution in [0.5, 0.6) is 0 Å². The van der Waals surface area contributed by atoms with Crippen LogP contribution in [0, 0.1) is 5.82 Å². The fraction of sp³-hybridized carbons (Fsp3) is 0.0769. The van der Waals surface area contributed by atoms with Crippen LogP contribution in [0.15, 0.2) is 46.9 Å². The van der Waals surface area contributed by atoms with Crippen LogP contribution < -0.4 is 5.32 Å². The zero-order chi connectivity index (χ0) is 12.3. The Kier molecular flexibility index (Phi) is 4.02. The maximum absolute atomic E-state index is 13.5. The fourth-order valence-electron chi connectivity index (χ4n) is 1.49. The SMILES string of the molecule is Fc1cccc(Cl)c1CNc1cccc(Br)c1. The van der Waals surface area contributed by atoms with Crippen molar-refractivity contribution in [3.8, 4) is 0 Å². The molecular formula is C13H10BrClFN. The van der Waals surface area contributed by atoms with Crippen molar-refractivity contribution >= 4 is 33.2 Å². The molecule has 17 heavy (non-hydrogen) atoms. The predicted molar refractivity (Wildman–Crippen MR) is 72.9 cm³/mol. The van der Waals surface area contributed by atoms with Crippen molar-refractivity contribution in [3.63, 3.8) is 0 Å². The zero-order valence-electron chi connectivity index (χ0n) is 8.88. The molecule has 0 amide bonds. The smallest absolute Gasteiger partial charge is 0.129 e. The third-order valence-electron chi connectivity index (χ3n) is 2.36. The molecule has 2 aromatic rings. The Hall–Kier alpha value is -1.06. The van der Waals surface area contributed by atoms with Crippen molar-refractivity contribution in [2.24, 2.45) is 0 Å².